The predicted molar refractivity (Wildman–Crippen MR) is 74.4 cm³/mol. The number of hydrogen-bond acceptors (Lipinski definition) is 3. The van der Waals surface area contributed by atoms with Gasteiger partial charge < -0.3 is 0 Å². The molecule has 0 amide bonds. The molecule has 0 aliphatic heterocycles. The molecule has 0 heterocycles. The quantitative estimate of drug-likeness (QED) is 0.444. The first-order valence-corrected chi connectivity index (χ1v) is 7.28. The monoisotopic (exact) mass is 381 g/mol. The number of carbonyl (C=O) groups excluding carboxylic acids is 1. The Kier molecular flexibility index (Phi) is 5.84. The summed E-state index contributed by atoms with van der Waals surface area (Å²) < 4.78 is -0.277. The number of thiocyanates is 1. The van der Waals surface area contributed by atoms with E-state index in [1.54, 1.807) is 24.3 Å². The molecule has 0 fully saturated rings. The molecule has 2 nitrogen and oxygen atoms in total. The van der Waals surface area contributed by atoms with Gasteiger partial charge in [-0.05, 0) is 36.0 Å². The highest BCUT2D eigenvalue weighted by molar-refractivity contribution is 9.13. The SMILES string of the molecule is N#CSC(Br)C(Br)C(=O)c1ccc(Cl)cc1. The van der Waals surface area contributed by atoms with Gasteiger partial charge in [-0.1, -0.05) is 43.5 Å². The van der Waals surface area contributed by atoms with E-state index in [0.29, 0.717) is 10.6 Å². The number of Topliss-reactive ketones (excluding diaryl/α,β-unsaturated/α-hetero) is 1. The van der Waals surface area contributed by atoms with Crippen molar-refractivity contribution in [2.45, 2.75) is 8.99 Å². The van der Waals surface area contributed by atoms with Crippen LogP contribution in [0.2, 0.25) is 5.02 Å². The third-order valence-corrected chi connectivity index (χ3v) is 5.72. The minimum absolute atomic E-state index is 0.0821. The molecule has 0 aliphatic carbocycles. The van der Waals surface area contributed by atoms with E-state index in [2.05, 4.69) is 31.9 Å². The molecule has 16 heavy (non-hydrogen) atoms. The number of carbonyl (C=O) groups is 1. The van der Waals surface area contributed by atoms with Gasteiger partial charge in [0.1, 0.15) is 10.2 Å². The lowest BCUT2D eigenvalue weighted by molar-refractivity contribution is 0.0995. The Balaban J connectivity index is 2.78. The van der Waals surface area contributed by atoms with E-state index < -0.39 is 4.83 Å². The van der Waals surface area contributed by atoms with Crippen molar-refractivity contribution in [3.8, 4) is 5.40 Å². The van der Waals surface area contributed by atoms with Gasteiger partial charge in [-0.3, -0.25) is 4.79 Å². The van der Waals surface area contributed by atoms with Crippen LogP contribution in [0.15, 0.2) is 24.3 Å². The lowest BCUT2D eigenvalue weighted by atomic mass is 10.1. The highest BCUT2D eigenvalue weighted by Crippen LogP contribution is 2.28. The van der Waals surface area contributed by atoms with Crippen molar-refractivity contribution in [1.82, 2.24) is 0 Å². The summed E-state index contributed by atoms with van der Waals surface area (Å²) in [6.07, 6.45) is 0. The van der Waals surface area contributed by atoms with Crippen molar-refractivity contribution in [2.24, 2.45) is 0 Å². The maximum atomic E-state index is 11.9. The number of nitriles is 1. The van der Waals surface area contributed by atoms with Crippen LogP contribution in [0.3, 0.4) is 0 Å². The van der Waals surface area contributed by atoms with E-state index in [4.69, 9.17) is 16.9 Å². The molecule has 1 aromatic carbocycles. The van der Waals surface area contributed by atoms with Crippen LogP contribution >= 0.6 is 55.2 Å². The van der Waals surface area contributed by atoms with Gasteiger partial charge in [-0.15, -0.1) is 0 Å². The number of alkyl halides is 2. The highest BCUT2D eigenvalue weighted by atomic mass is 79.9. The van der Waals surface area contributed by atoms with Crippen LogP contribution in [0.25, 0.3) is 0 Å². The minimum atomic E-state index is -0.446. The molecule has 0 saturated carbocycles. The average molecular weight is 383 g/mol. The maximum absolute atomic E-state index is 11.9. The molecule has 0 N–H and O–H groups in total. The number of rotatable bonds is 4. The Bertz CT molecular complexity index is 418. The number of hydrogen-bond donors (Lipinski definition) is 0. The molecule has 0 spiro atoms. The van der Waals surface area contributed by atoms with Crippen LogP contribution in [0, 0.1) is 10.7 Å². The number of benzene rings is 1. The molecule has 0 aliphatic rings. The zero-order chi connectivity index (χ0) is 12.1. The van der Waals surface area contributed by atoms with Gasteiger partial charge in [0.05, 0.1) is 4.16 Å². The second-order valence-electron chi connectivity index (χ2n) is 2.83. The van der Waals surface area contributed by atoms with Crippen molar-refractivity contribution in [3.63, 3.8) is 0 Å². The smallest absolute Gasteiger partial charge is 0.178 e. The molecular weight excluding hydrogens is 377 g/mol. The number of halogens is 3. The van der Waals surface area contributed by atoms with Crippen LogP contribution in [-0.4, -0.2) is 14.8 Å². The van der Waals surface area contributed by atoms with Crippen molar-refractivity contribution in [2.75, 3.05) is 0 Å². The van der Waals surface area contributed by atoms with E-state index in [9.17, 15) is 4.79 Å². The molecule has 0 saturated heterocycles. The first kappa shape index (κ1) is 14.0. The predicted octanol–water partition coefficient (Wildman–Crippen LogP) is 4.22. The molecule has 2 unspecified atom stereocenters. The zero-order valence-corrected chi connectivity index (χ0v) is 12.6. The summed E-state index contributed by atoms with van der Waals surface area (Å²) in [4.78, 5) is 11.5. The first-order valence-electron chi connectivity index (χ1n) is 4.19. The minimum Gasteiger partial charge on any atom is -0.293 e. The molecule has 2 atom stereocenters. The summed E-state index contributed by atoms with van der Waals surface area (Å²) in [5.41, 5.74) is 0.564. The van der Waals surface area contributed by atoms with Gasteiger partial charge in [-0.25, -0.2) is 0 Å². The first-order chi connectivity index (χ1) is 7.56. The Labute approximate surface area is 120 Å². The van der Waals surface area contributed by atoms with E-state index in [1.807, 2.05) is 5.40 Å². The molecular formula is C10H6Br2ClNOS. The number of ketones is 1. The van der Waals surface area contributed by atoms with Gasteiger partial charge in [-0.2, -0.15) is 5.26 Å². The van der Waals surface area contributed by atoms with Gasteiger partial charge in [0, 0.05) is 10.6 Å². The fourth-order valence-corrected chi connectivity index (χ4v) is 2.55. The Morgan fingerprint density at radius 1 is 1.38 bits per heavy atom. The highest BCUT2D eigenvalue weighted by Gasteiger charge is 2.25. The standard InChI is InChI=1S/C10H6Br2ClNOS/c11-8(10(12)16-5-14)9(15)6-1-3-7(13)4-2-6/h1-4,8,10H. The van der Waals surface area contributed by atoms with E-state index in [-0.39, 0.29) is 9.94 Å². The van der Waals surface area contributed by atoms with Gasteiger partial charge in [0.2, 0.25) is 0 Å². The molecule has 6 heteroatoms. The van der Waals surface area contributed by atoms with E-state index >= 15 is 0 Å². The number of nitrogens with zero attached hydrogens (tertiary/aromatic N) is 1. The van der Waals surface area contributed by atoms with Crippen molar-refractivity contribution in [3.05, 3.63) is 34.9 Å². The lowest BCUT2D eigenvalue weighted by Gasteiger charge is -2.11. The second kappa shape index (κ2) is 6.65. The normalized spacial score (nSPS) is 13.9. The molecule has 1 rings (SSSR count). The molecule has 84 valence electrons. The van der Waals surface area contributed by atoms with Crippen molar-refractivity contribution < 1.29 is 4.79 Å². The molecule has 0 radical (unpaired) electrons. The summed E-state index contributed by atoms with van der Waals surface area (Å²) in [7, 11) is 0. The summed E-state index contributed by atoms with van der Waals surface area (Å²) in [5, 5.41) is 11.0. The Hall–Kier alpha value is -0.0200. The van der Waals surface area contributed by atoms with Crippen molar-refractivity contribution in [1.29, 1.82) is 5.26 Å². The lowest BCUT2D eigenvalue weighted by Crippen LogP contribution is -2.21. The third kappa shape index (κ3) is 3.77. The summed E-state index contributed by atoms with van der Waals surface area (Å²) >= 11 is 13.2. The van der Waals surface area contributed by atoms with E-state index in [0.717, 1.165) is 11.8 Å². The van der Waals surface area contributed by atoms with Crippen LogP contribution < -0.4 is 0 Å². The molecule has 0 bridgehead atoms. The van der Waals surface area contributed by atoms with Crippen LogP contribution in [0.1, 0.15) is 10.4 Å². The van der Waals surface area contributed by atoms with Gasteiger partial charge in [0.25, 0.3) is 0 Å². The summed E-state index contributed by atoms with van der Waals surface area (Å²) in [6.45, 7) is 0. The van der Waals surface area contributed by atoms with Gasteiger partial charge >= 0.3 is 0 Å². The largest absolute Gasteiger partial charge is 0.293 e. The van der Waals surface area contributed by atoms with Crippen LogP contribution in [0.5, 0.6) is 0 Å². The maximum Gasteiger partial charge on any atom is 0.178 e. The second-order valence-corrected chi connectivity index (χ2v) is 6.77. The zero-order valence-electron chi connectivity index (χ0n) is 7.86. The Morgan fingerprint density at radius 2 is 1.94 bits per heavy atom. The number of thioether (sulfide) groups is 1. The topological polar surface area (TPSA) is 40.9 Å². The van der Waals surface area contributed by atoms with Crippen LogP contribution in [-0.2, 0) is 0 Å². The molecule has 0 aromatic heterocycles. The fraction of sp³-hybridized carbons (Fsp3) is 0.200. The van der Waals surface area contributed by atoms with E-state index in [1.165, 1.54) is 0 Å². The van der Waals surface area contributed by atoms with Crippen molar-refractivity contribution >= 4 is 61.0 Å². The third-order valence-electron chi connectivity index (χ3n) is 1.77. The summed E-state index contributed by atoms with van der Waals surface area (Å²) in [6, 6.07) is 6.65. The molecule has 1 aromatic rings. The fourth-order valence-electron chi connectivity index (χ4n) is 1.00. The average Bonchev–Trinajstić information content (AvgIpc) is 2.28. The van der Waals surface area contributed by atoms with Gasteiger partial charge in [0.15, 0.2) is 5.78 Å². The van der Waals surface area contributed by atoms with Crippen LogP contribution in [0.4, 0.5) is 0 Å². The Morgan fingerprint density at radius 3 is 2.44 bits per heavy atom. The summed E-state index contributed by atoms with van der Waals surface area (Å²) in [5.74, 6) is -0.0821.